The van der Waals surface area contributed by atoms with Crippen LogP contribution in [-0.2, 0) is 6.54 Å². The molecule has 0 saturated carbocycles. The average Bonchev–Trinajstić information content (AvgIpc) is 2.62. The highest BCUT2D eigenvalue weighted by molar-refractivity contribution is 14.0. The summed E-state index contributed by atoms with van der Waals surface area (Å²) in [5.41, 5.74) is 0.893. The molecule has 0 aliphatic carbocycles. The second kappa shape index (κ2) is 11.6. The van der Waals surface area contributed by atoms with Crippen LogP contribution in [-0.4, -0.2) is 49.7 Å². The number of likely N-dealkylation sites (tertiary alicyclic amines) is 1. The van der Waals surface area contributed by atoms with Gasteiger partial charge in [-0.3, -0.25) is 9.89 Å². The summed E-state index contributed by atoms with van der Waals surface area (Å²) in [6, 6.07) is 6.68. The number of halogens is 3. The zero-order valence-corrected chi connectivity index (χ0v) is 18.6. The molecule has 1 aromatic rings. The first-order chi connectivity index (χ1) is 12.4. The maximum atomic E-state index is 12.3. The van der Waals surface area contributed by atoms with Crippen molar-refractivity contribution in [1.82, 2.24) is 15.5 Å². The van der Waals surface area contributed by atoms with Crippen molar-refractivity contribution in [2.45, 2.75) is 51.8 Å². The van der Waals surface area contributed by atoms with Crippen molar-refractivity contribution in [3.05, 3.63) is 29.8 Å². The van der Waals surface area contributed by atoms with E-state index in [1.807, 2.05) is 6.07 Å². The molecule has 2 N–H and O–H groups in total. The molecule has 5 nitrogen and oxygen atoms in total. The van der Waals surface area contributed by atoms with E-state index in [-0.39, 0.29) is 35.3 Å². The zero-order chi connectivity index (χ0) is 19.0. The molecule has 1 aliphatic heterocycles. The van der Waals surface area contributed by atoms with E-state index in [4.69, 9.17) is 0 Å². The second-order valence-electron chi connectivity index (χ2n) is 7.17. The molecule has 0 amide bonds. The number of rotatable bonds is 7. The van der Waals surface area contributed by atoms with Gasteiger partial charge in [0.15, 0.2) is 5.96 Å². The molecule has 1 aliphatic rings. The van der Waals surface area contributed by atoms with Crippen molar-refractivity contribution in [2.24, 2.45) is 4.99 Å². The lowest BCUT2D eigenvalue weighted by Gasteiger charge is -2.41. The van der Waals surface area contributed by atoms with E-state index in [0.29, 0.717) is 12.5 Å². The fraction of sp³-hybridized carbons (Fsp3) is 0.632. The first-order valence-corrected chi connectivity index (χ1v) is 9.14. The Morgan fingerprint density at radius 2 is 1.93 bits per heavy atom. The molecule has 2 rings (SSSR count). The van der Waals surface area contributed by atoms with Crippen LogP contribution < -0.4 is 15.4 Å². The molecule has 0 aromatic heterocycles. The molecule has 1 heterocycles. The van der Waals surface area contributed by atoms with Crippen LogP contribution in [0.5, 0.6) is 5.75 Å². The van der Waals surface area contributed by atoms with E-state index in [1.165, 1.54) is 25.3 Å². The minimum absolute atomic E-state index is 0. The van der Waals surface area contributed by atoms with Crippen LogP contribution >= 0.6 is 24.0 Å². The van der Waals surface area contributed by atoms with Crippen LogP contribution in [0.1, 0.15) is 38.7 Å². The van der Waals surface area contributed by atoms with Gasteiger partial charge in [0.2, 0.25) is 0 Å². The highest BCUT2D eigenvalue weighted by Gasteiger charge is 2.27. The number of piperidine rings is 1. The third kappa shape index (κ3) is 8.16. The van der Waals surface area contributed by atoms with Gasteiger partial charge in [-0.25, -0.2) is 0 Å². The van der Waals surface area contributed by atoms with Crippen molar-refractivity contribution in [3.63, 3.8) is 0 Å². The SMILES string of the molecule is CN=C(NCc1cccc(OC(F)F)c1)NCC(C)(C)N1CCCCC1.I. The fourth-order valence-electron chi connectivity index (χ4n) is 3.15. The van der Waals surface area contributed by atoms with Crippen molar-refractivity contribution >= 4 is 29.9 Å². The topological polar surface area (TPSA) is 48.9 Å². The molecule has 1 fully saturated rings. The van der Waals surface area contributed by atoms with E-state index in [0.717, 1.165) is 25.2 Å². The van der Waals surface area contributed by atoms with Crippen LogP contribution in [0.4, 0.5) is 8.78 Å². The molecular formula is C19H31F2IN4O. The molecule has 1 saturated heterocycles. The van der Waals surface area contributed by atoms with Crippen molar-refractivity contribution in [2.75, 3.05) is 26.7 Å². The van der Waals surface area contributed by atoms with Gasteiger partial charge >= 0.3 is 6.61 Å². The molecule has 0 unspecified atom stereocenters. The molecule has 0 spiro atoms. The van der Waals surface area contributed by atoms with Crippen LogP contribution in [0.3, 0.4) is 0 Å². The molecule has 0 radical (unpaired) electrons. The maximum Gasteiger partial charge on any atom is 0.387 e. The molecule has 8 heteroatoms. The van der Waals surface area contributed by atoms with Gasteiger partial charge in [0.05, 0.1) is 0 Å². The molecule has 0 atom stereocenters. The predicted octanol–water partition coefficient (Wildman–Crippen LogP) is 3.84. The lowest BCUT2D eigenvalue weighted by atomic mass is 9.98. The van der Waals surface area contributed by atoms with Crippen LogP contribution in [0.15, 0.2) is 29.3 Å². The lowest BCUT2D eigenvalue weighted by Crippen LogP contribution is -2.54. The third-order valence-corrected chi connectivity index (χ3v) is 4.71. The molecule has 1 aromatic carbocycles. The monoisotopic (exact) mass is 496 g/mol. The van der Waals surface area contributed by atoms with E-state index >= 15 is 0 Å². The zero-order valence-electron chi connectivity index (χ0n) is 16.3. The fourth-order valence-corrected chi connectivity index (χ4v) is 3.15. The minimum Gasteiger partial charge on any atom is -0.435 e. The van der Waals surface area contributed by atoms with Gasteiger partial charge in [-0.1, -0.05) is 18.6 Å². The van der Waals surface area contributed by atoms with Gasteiger partial charge in [0.1, 0.15) is 5.75 Å². The number of nitrogens with zero attached hydrogens (tertiary/aromatic N) is 2. The number of alkyl halides is 2. The Balaban J connectivity index is 0.00000364. The van der Waals surface area contributed by atoms with Gasteiger partial charge in [-0.15, -0.1) is 24.0 Å². The van der Waals surface area contributed by atoms with E-state index in [9.17, 15) is 8.78 Å². The Labute approximate surface area is 178 Å². The summed E-state index contributed by atoms with van der Waals surface area (Å²) < 4.78 is 29.1. The molecule has 27 heavy (non-hydrogen) atoms. The van der Waals surface area contributed by atoms with Gasteiger partial charge in [0.25, 0.3) is 0 Å². The number of nitrogens with one attached hydrogen (secondary N) is 2. The highest BCUT2D eigenvalue weighted by Crippen LogP contribution is 2.20. The maximum absolute atomic E-state index is 12.3. The Kier molecular flexibility index (Phi) is 10.3. The summed E-state index contributed by atoms with van der Waals surface area (Å²) in [7, 11) is 1.72. The normalized spacial score (nSPS) is 16.0. The number of aliphatic imine (C=N–C) groups is 1. The van der Waals surface area contributed by atoms with Crippen LogP contribution in [0, 0.1) is 0 Å². The molecule has 154 valence electrons. The minimum atomic E-state index is -2.82. The first kappa shape index (κ1) is 23.9. The van der Waals surface area contributed by atoms with E-state index in [2.05, 4.69) is 39.1 Å². The number of guanidine groups is 1. The molecule has 0 bridgehead atoms. The number of ether oxygens (including phenoxy) is 1. The largest absolute Gasteiger partial charge is 0.435 e. The van der Waals surface area contributed by atoms with Crippen molar-refractivity contribution in [3.8, 4) is 5.75 Å². The Bertz CT molecular complexity index is 593. The Hall–Kier alpha value is -1.16. The summed E-state index contributed by atoms with van der Waals surface area (Å²) in [4.78, 5) is 6.76. The van der Waals surface area contributed by atoms with Gasteiger partial charge in [-0.2, -0.15) is 8.78 Å². The number of benzene rings is 1. The van der Waals surface area contributed by atoms with E-state index in [1.54, 1.807) is 19.2 Å². The second-order valence-corrected chi connectivity index (χ2v) is 7.17. The lowest BCUT2D eigenvalue weighted by molar-refractivity contribution is -0.0498. The van der Waals surface area contributed by atoms with Gasteiger partial charge in [-0.05, 0) is 57.5 Å². The summed E-state index contributed by atoms with van der Waals surface area (Å²) in [5.74, 6) is 0.851. The molecular weight excluding hydrogens is 465 g/mol. The number of hydrogen-bond acceptors (Lipinski definition) is 3. The van der Waals surface area contributed by atoms with E-state index < -0.39 is 6.61 Å². The standard InChI is InChI=1S/C19H30F2N4O.HI/c1-19(2,25-10-5-4-6-11-25)14-24-18(22-3)23-13-15-8-7-9-16(12-15)26-17(20)21;/h7-9,12,17H,4-6,10-11,13-14H2,1-3H3,(H2,22,23,24);1H. The summed E-state index contributed by atoms with van der Waals surface area (Å²) in [6.45, 7) is 5.19. The quantitative estimate of drug-likeness (QED) is 0.342. The predicted molar refractivity (Wildman–Crippen MR) is 116 cm³/mol. The van der Waals surface area contributed by atoms with Crippen molar-refractivity contribution < 1.29 is 13.5 Å². The van der Waals surface area contributed by atoms with Crippen LogP contribution in [0.25, 0.3) is 0 Å². The summed E-state index contributed by atoms with van der Waals surface area (Å²) >= 11 is 0. The van der Waals surface area contributed by atoms with Gasteiger partial charge in [0, 0.05) is 25.7 Å². The smallest absolute Gasteiger partial charge is 0.387 e. The Morgan fingerprint density at radius 3 is 2.56 bits per heavy atom. The third-order valence-electron chi connectivity index (χ3n) is 4.71. The van der Waals surface area contributed by atoms with Crippen molar-refractivity contribution in [1.29, 1.82) is 0 Å². The Morgan fingerprint density at radius 1 is 1.22 bits per heavy atom. The number of hydrogen-bond donors (Lipinski definition) is 2. The highest BCUT2D eigenvalue weighted by atomic mass is 127. The van der Waals surface area contributed by atoms with Crippen LogP contribution in [0.2, 0.25) is 0 Å². The summed E-state index contributed by atoms with van der Waals surface area (Å²) in [5, 5.41) is 6.59. The first-order valence-electron chi connectivity index (χ1n) is 9.14. The average molecular weight is 496 g/mol. The van der Waals surface area contributed by atoms with Gasteiger partial charge < -0.3 is 15.4 Å². The summed E-state index contributed by atoms with van der Waals surface area (Å²) in [6.07, 6.45) is 3.83.